The van der Waals surface area contributed by atoms with Gasteiger partial charge in [-0.15, -0.1) is 0 Å². The number of nitrogens with zero attached hydrogens (tertiary/aromatic N) is 4. The van der Waals surface area contributed by atoms with E-state index in [0.29, 0.717) is 29.3 Å². The molecule has 34 heavy (non-hydrogen) atoms. The van der Waals surface area contributed by atoms with Gasteiger partial charge >= 0.3 is 0 Å². The molecular formula is C27H23N5O2. The van der Waals surface area contributed by atoms with Gasteiger partial charge in [-0.1, -0.05) is 60.7 Å². The van der Waals surface area contributed by atoms with Crippen LogP contribution in [-0.2, 0) is 11.3 Å². The summed E-state index contributed by atoms with van der Waals surface area (Å²) in [5, 5.41) is 13.8. The van der Waals surface area contributed by atoms with E-state index in [4.69, 9.17) is 0 Å². The zero-order valence-electron chi connectivity index (χ0n) is 18.9. The summed E-state index contributed by atoms with van der Waals surface area (Å²) in [5.74, 6) is -0.898. The maximum atomic E-state index is 13.1. The van der Waals surface area contributed by atoms with Gasteiger partial charge < -0.3 is 5.32 Å². The number of rotatable bonds is 6. The van der Waals surface area contributed by atoms with E-state index in [1.54, 1.807) is 35.5 Å². The minimum atomic E-state index is -0.724. The number of aryl methyl sites for hydroxylation is 1. The molecule has 0 radical (unpaired) electrons. The molecule has 0 saturated heterocycles. The van der Waals surface area contributed by atoms with Crippen molar-refractivity contribution < 1.29 is 9.59 Å². The molecule has 7 nitrogen and oxygen atoms in total. The zero-order valence-corrected chi connectivity index (χ0v) is 18.9. The Morgan fingerprint density at radius 1 is 0.882 bits per heavy atom. The van der Waals surface area contributed by atoms with Crippen molar-refractivity contribution in [3.8, 4) is 5.69 Å². The number of carbonyl (C=O) groups is 2. The first-order valence-corrected chi connectivity index (χ1v) is 11.0. The molecule has 3 aromatic carbocycles. The predicted molar refractivity (Wildman–Crippen MR) is 131 cm³/mol. The lowest BCUT2D eigenvalue weighted by atomic mass is 10.0. The van der Waals surface area contributed by atoms with Crippen LogP contribution in [0.2, 0.25) is 0 Å². The molecule has 0 saturated carbocycles. The number of hydrogen-bond donors (Lipinski definition) is 1. The predicted octanol–water partition coefficient (Wildman–Crippen LogP) is 4.71. The van der Waals surface area contributed by atoms with Crippen molar-refractivity contribution in [2.24, 2.45) is 0 Å². The Bertz CT molecular complexity index is 1510. The van der Waals surface area contributed by atoms with Gasteiger partial charge in [-0.3, -0.25) is 9.59 Å². The maximum absolute atomic E-state index is 13.1. The third-order valence-corrected chi connectivity index (χ3v) is 5.88. The van der Waals surface area contributed by atoms with Gasteiger partial charge in [0.2, 0.25) is 0 Å². The van der Waals surface area contributed by atoms with Crippen LogP contribution in [0.1, 0.15) is 27.3 Å². The van der Waals surface area contributed by atoms with Crippen molar-refractivity contribution in [2.45, 2.75) is 20.4 Å². The number of aromatic nitrogens is 4. The summed E-state index contributed by atoms with van der Waals surface area (Å²) in [5.41, 5.74) is 3.33. The first-order valence-electron chi connectivity index (χ1n) is 11.0. The van der Waals surface area contributed by atoms with Gasteiger partial charge in [0.05, 0.1) is 35.4 Å². The highest BCUT2D eigenvalue weighted by Gasteiger charge is 2.26. The smallest absolute Gasteiger partial charge is 0.298 e. The summed E-state index contributed by atoms with van der Waals surface area (Å²) in [4.78, 5) is 26.0. The minimum Gasteiger partial charge on any atom is -0.304 e. The Morgan fingerprint density at radius 2 is 1.62 bits per heavy atom. The van der Waals surface area contributed by atoms with Crippen LogP contribution in [-0.4, -0.2) is 31.3 Å². The number of nitrogens with one attached hydrogen (secondary N) is 1. The number of hydrogen-bond acceptors (Lipinski definition) is 4. The molecule has 5 aromatic rings. The number of para-hydroxylation sites is 1. The normalized spacial score (nSPS) is 11.0. The largest absolute Gasteiger partial charge is 0.304 e. The summed E-state index contributed by atoms with van der Waals surface area (Å²) >= 11 is 0. The Hall–Kier alpha value is -4.52. The number of fused-ring (bicyclic) bond motifs is 1. The number of anilines is 1. The van der Waals surface area contributed by atoms with Crippen LogP contribution >= 0.6 is 0 Å². The SMILES string of the molecule is Cc1nn(-c2ccccc2)c(C)c1C(=O)C(=O)Nc1ccnn1Cc1cccc2ccccc12. The first kappa shape index (κ1) is 21.3. The average Bonchev–Trinajstić information content (AvgIpc) is 3.42. The molecule has 1 N–H and O–H groups in total. The lowest BCUT2D eigenvalue weighted by Crippen LogP contribution is -2.25. The quantitative estimate of drug-likeness (QED) is 0.301. The second-order valence-electron chi connectivity index (χ2n) is 8.09. The van der Waals surface area contributed by atoms with E-state index >= 15 is 0 Å². The lowest BCUT2D eigenvalue weighted by molar-refractivity contribution is -0.112. The monoisotopic (exact) mass is 449 g/mol. The van der Waals surface area contributed by atoms with Crippen LogP contribution in [0.15, 0.2) is 85.1 Å². The van der Waals surface area contributed by atoms with E-state index in [0.717, 1.165) is 22.0 Å². The van der Waals surface area contributed by atoms with E-state index in [9.17, 15) is 9.59 Å². The lowest BCUT2D eigenvalue weighted by Gasteiger charge is -2.11. The van der Waals surface area contributed by atoms with Crippen molar-refractivity contribution in [1.29, 1.82) is 0 Å². The fourth-order valence-corrected chi connectivity index (χ4v) is 4.24. The Balaban J connectivity index is 1.39. The highest BCUT2D eigenvalue weighted by molar-refractivity contribution is 6.47. The standard InChI is InChI=1S/C27H23N5O2/c1-18-25(19(2)32(30-18)22-12-4-3-5-13-22)26(33)27(34)29-24-15-16-28-31(24)17-21-11-8-10-20-9-6-7-14-23(20)21/h3-16H,17H2,1-2H3,(H,29,34). The van der Waals surface area contributed by atoms with Gasteiger partial charge in [0.15, 0.2) is 0 Å². The molecule has 0 aliphatic carbocycles. The summed E-state index contributed by atoms with van der Waals surface area (Å²) in [6.45, 7) is 3.98. The number of amides is 1. The summed E-state index contributed by atoms with van der Waals surface area (Å²) in [6.07, 6.45) is 1.61. The van der Waals surface area contributed by atoms with Crippen LogP contribution in [0.4, 0.5) is 5.82 Å². The molecule has 0 unspecified atom stereocenters. The van der Waals surface area contributed by atoms with Gasteiger partial charge in [-0.05, 0) is 42.3 Å². The number of benzene rings is 3. The molecule has 2 aromatic heterocycles. The summed E-state index contributed by atoms with van der Waals surface area (Å²) in [7, 11) is 0. The third kappa shape index (κ3) is 3.88. The van der Waals surface area contributed by atoms with E-state index in [1.165, 1.54) is 0 Å². The molecule has 0 aliphatic heterocycles. The van der Waals surface area contributed by atoms with E-state index in [2.05, 4.69) is 33.7 Å². The molecule has 0 fully saturated rings. The average molecular weight is 450 g/mol. The number of ketones is 1. The van der Waals surface area contributed by atoms with Crippen molar-refractivity contribution >= 4 is 28.3 Å². The van der Waals surface area contributed by atoms with E-state index in [1.807, 2.05) is 54.6 Å². The van der Waals surface area contributed by atoms with Crippen molar-refractivity contribution in [1.82, 2.24) is 19.6 Å². The van der Waals surface area contributed by atoms with Gasteiger partial charge in [-0.25, -0.2) is 9.36 Å². The Kier molecular flexibility index (Phi) is 5.51. The second kappa shape index (κ2) is 8.78. The molecule has 168 valence electrons. The number of carbonyl (C=O) groups excluding carboxylic acids is 2. The van der Waals surface area contributed by atoms with Crippen molar-refractivity contribution in [2.75, 3.05) is 5.32 Å². The van der Waals surface area contributed by atoms with Gasteiger partial charge in [0.1, 0.15) is 5.82 Å². The van der Waals surface area contributed by atoms with Gasteiger partial charge in [-0.2, -0.15) is 10.2 Å². The summed E-state index contributed by atoms with van der Waals surface area (Å²) in [6, 6.07) is 25.4. The molecule has 2 heterocycles. The highest BCUT2D eigenvalue weighted by Crippen LogP contribution is 2.22. The highest BCUT2D eigenvalue weighted by atomic mass is 16.2. The van der Waals surface area contributed by atoms with Gasteiger partial charge in [0.25, 0.3) is 11.7 Å². The third-order valence-electron chi connectivity index (χ3n) is 5.88. The molecule has 7 heteroatoms. The molecule has 0 spiro atoms. The topological polar surface area (TPSA) is 81.8 Å². The second-order valence-corrected chi connectivity index (χ2v) is 8.09. The minimum absolute atomic E-state index is 0.307. The molecule has 5 rings (SSSR count). The fourth-order valence-electron chi connectivity index (χ4n) is 4.24. The van der Waals surface area contributed by atoms with E-state index in [-0.39, 0.29) is 0 Å². The molecule has 0 atom stereocenters. The van der Waals surface area contributed by atoms with E-state index < -0.39 is 11.7 Å². The molecule has 1 amide bonds. The first-order chi connectivity index (χ1) is 16.5. The molecule has 0 aliphatic rings. The van der Waals surface area contributed by atoms with Gasteiger partial charge in [0, 0.05) is 6.07 Å². The fraction of sp³-hybridized carbons (Fsp3) is 0.111. The number of Topliss-reactive ketones (excluding diaryl/α,β-unsaturated/α-hetero) is 1. The maximum Gasteiger partial charge on any atom is 0.298 e. The Labute approximate surface area is 196 Å². The van der Waals surface area contributed by atoms with Crippen molar-refractivity contribution in [3.63, 3.8) is 0 Å². The van der Waals surface area contributed by atoms with Crippen LogP contribution in [0.25, 0.3) is 16.5 Å². The molecular weight excluding hydrogens is 426 g/mol. The zero-order chi connectivity index (χ0) is 23.7. The van der Waals surface area contributed by atoms with Crippen LogP contribution in [0.3, 0.4) is 0 Å². The van der Waals surface area contributed by atoms with Crippen LogP contribution in [0.5, 0.6) is 0 Å². The van der Waals surface area contributed by atoms with Crippen LogP contribution in [0, 0.1) is 13.8 Å². The van der Waals surface area contributed by atoms with Crippen molar-refractivity contribution in [3.05, 3.63) is 108 Å². The van der Waals surface area contributed by atoms with Crippen LogP contribution < -0.4 is 5.32 Å². The summed E-state index contributed by atoms with van der Waals surface area (Å²) < 4.78 is 3.36. The molecule has 0 bridgehead atoms. The Morgan fingerprint density at radius 3 is 2.44 bits per heavy atom.